The van der Waals surface area contributed by atoms with Crippen molar-refractivity contribution in [1.82, 2.24) is 5.43 Å². The molecular formula is C18H20N2O3S. The molecule has 2 rings (SSSR count). The Balaban J connectivity index is 1.74. The van der Waals surface area contributed by atoms with Gasteiger partial charge in [-0.15, -0.1) is 11.8 Å². The second kappa shape index (κ2) is 9.62. The van der Waals surface area contributed by atoms with Crippen molar-refractivity contribution < 1.29 is 14.3 Å². The molecule has 6 heteroatoms. The number of methoxy groups -OCH3 is 2. The maximum Gasteiger partial charge on any atom is 0.250 e. The minimum absolute atomic E-state index is 0.139. The van der Waals surface area contributed by atoms with E-state index in [2.05, 4.69) is 10.5 Å². The van der Waals surface area contributed by atoms with Crippen molar-refractivity contribution in [3.05, 3.63) is 59.7 Å². The Morgan fingerprint density at radius 3 is 2.58 bits per heavy atom. The molecule has 0 aromatic heterocycles. The van der Waals surface area contributed by atoms with Gasteiger partial charge in [0.05, 0.1) is 26.2 Å². The lowest BCUT2D eigenvalue weighted by molar-refractivity contribution is -0.118. The maximum absolute atomic E-state index is 11.8. The molecule has 0 spiro atoms. The number of benzene rings is 2. The van der Waals surface area contributed by atoms with Crippen LogP contribution in [0.1, 0.15) is 11.1 Å². The zero-order valence-electron chi connectivity index (χ0n) is 13.7. The minimum atomic E-state index is -0.139. The van der Waals surface area contributed by atoms with E-state index in [1.165, 1.54) is 11.8 Å². The second-order valence-electron chi connectivity index (χ2n) is 4.88. The molecule has 0 saturated carbocycles. The van der Waals surface area contributed by atoms with Crippen LogP contribution >= 0.6 is 11.8 Å². The molecule has 1 N–H and O–H groups in total. The zero-order chi connectivity index (χ0) is 17.2. The molecule has 2 aromatic carbocycles. The molecule has 1 amide bonds. The van der Waals surface area contributed by atoms with Gasteiger partial charge in [-0.3, -0.25) is 4.79 Å². The van der Waals surface area contributed by atoms with Gasteiger partial charge in [-0.1, -0.05) is 24.3 Å². The Kier molecular flexibility index (Phi) is 7.17. The third kappa shape index (κ3) is 5.62. The summed E-state index contributed by atoms with van der Waals surface area (Å²) in [5, 5.41) is 3.96. The van der Waals surface area contributed by atoms with Crippen molar-refractivity contribution in [2.24, 2.45) is 5.10 Å². The highest BCUT2D eigenvalue weighted by Gasteiger charge is 2.02. The van der Waals surface area contributed by atoms with Crippen molar-refractivity contribution in [1.29, 1.82) is 0 Å². The fourth-order valence-corrected chi connectivity index (χ4v) is 2.74. The number of thioether (sulfide) groups is 1. The lowest BCUT2D eigenvalue weighted by Gasteiger charge is -2.04. The van der Waals surface area contributed by atoms with Crippen LogP contribution < -0.4 is 14.9 Å². The molecule has 2 aromatic rings. The number of amides is 1. The van der Waals surface area contributed by atoms with E-state index in [1.807, 2.05) is 48.5 Å². The summed E-state index contributed by atoms with van der Waals surface area (Å²) in [7, 11) is 3.24. The largest absolute Gasteiger partial charge is 0.497 e. The third-order valence-electron chi connectivity index (χ3n) is 3.19. The van der Waals surface area contributed by atoms with Crippen molar-refractivity contribution >= 4 is 23.9 Å². The van der Waals surface area contributed by atoms with Crippen LogP contribution in [0.4, 0.5) is 0 Å². The maximum atomic E-state index is 11.8. The van der Waals surface area contributed by atoms with E-state index in [-0.39, 0.29) is 5.91 Å². The minimum Gasteiger partial charge on any atom is -0.497 e. The summed E-state index contributed by atoms with van der Waals surface area (Å²) >= 11 is 1.53. The normalized spacial score (nSPS) is 10.6. The van der Waals surface area contributed by atoms with E-state index in [0.717, 1.165) is 22.6 Å². The Morgan fingerprint density at radius 1 is 1.12 bits per heavy atom. The van der Waals surface area contributed by atoms with Crippen LogP contribution in [0.15, 0.2) is 53.6 Å². The Bertz CT molecular complexity index is 687. The van der Waals surface area contributed by atoms with E-state index < -0.39 is 0 Å². The van der Waals surface area contributed by atoms with Crippen LogP contribution in [0, 0.1) is 0 Å². The van der Waals surface area contributed by atoms with E-state index >= 15 is 0 Å². The van der Waals surface area contributed by atoms with Gasteiger partial charge < -0.3 is 9.47 Å². The lowest BCUT2D eigenvalue weighted by Crippen LogP contribution is -2.19. The highest BCUT2D eigenvalue weighted by Crippen LogP contribution is 2.16. The summed E-state index contributed by atoms with van der Waals surface area (Å²) in [5.41, 5.74) is 4.48. The van der Waals surface area contributed by atoms with Crippen LogP contribution in [0.5, 0.6) is 11.5 Å². The molecule has 0 heterocycles. The molecular weight excluding hydrogens is 324 g/mol. The van der Waals surface area contributed by atoms with Gasteiger partial charge in [0.2, 0.25) is 5.91 Å². The lowest BCUT2D eigenvalue weighted by atomic mass is 10.2. The number of carbonyl (C=O) groups is 1. The molecule has 0 unspecified atom stereocenters. The average molecular weight is 344 g/mol. The van der Waals surface area contributed by atoms with Crippen LogP contribution in [-0.2, 0) is 10.5 Å². The zero-order valence-corrected chi connectivity index (χ0v) is 14.5. The molecule has 0 atom stereocenters. The quantitative estimate of drug-likeness (QED) is 0.590. The summed E-state index contributed by atoms with van der Waals surface area (Å²) < 4.78 is 10.3. The van der Waals surface area contributed by atoms with Gasteiger partial charge in [-0.2, -0.15) is 5.10 Å². The molecule has 126 valence electrons. The van der Waals surface area contributed by atoms with Crippen LogP contribution in [-0.4, -0.2) is 32.1 Å². The van der Waals surface area contributed by atoms with Crippen LogP contribution in [0.25, 0.3) is 0 Å². The van der Waals surface area contributed by atoms with Gasteiger partial charge in [0.25, 0.3) is 0 Å². The number of ether oxygens (including phenoxy) is 2. The van der Waals surface area contributed by atoms with Crippen LogP contribution in [0.3, 0.4) is 0 Å². The third-order valence-corrected chi connectivity index (χ3v) is 4.20. The van der Waals surface area contributed by atoms with Crippen molar-refractivity contribution in [2.75, 3.05) is 20.0 Å². The summed E-state index contributed by atoms with van der Waals surface area (Å²) in [5.74, 6) is 2.50. The van der Waals surface area contributed by atoms with E-state index in [1.54, 1.807) is 20.4 Å². The van der Waals surface area contributed by atoms with Gasteiger partial charge in [0, 0.05) is 11.3 Å². The number of hydrazone groups is 1. The average Bonchev–Trinajstić information content (AvgIpc) is 2.62. The number of carbonyl (C=O) groups excluding carboxylic acids is 1. The Morgan fingerprint density at radius 2 is 1.88 bits per heavy atom. The van der Waals surface area contributed by atoms with Crippen molar-refractivity contribution in [3.8, 4) is 11.5 Å². The molecule has 0 aliphatic carbocycles. The number of nitrogens with one attached hydrogen (secondary N) is 1. The fraction of sp³-hybridized carbons (Fsp3) is 0.222. The van der Waals surface area contributed by atoms with Crippen LogP contribution in [0.2, 0.25) is 0 Å². The van der Waals surface area contributed by atoms with Gasteiger partial charge >= 0.3 is 0 Å². The number of rotatable bonds is 8. The Labute approximate surface area is 146 Å². The fourth-order valence-electron chi connectivity index (χ4n) is 1.96. The number of nitrogens with zero attached hydrogens (tertiary/aromatic N) is 1. The first kappa shape index (κ1) is 17.9. The molecule has 0 aliphatic heterocycles. The van der Waals surface area contributed by atoms with E-state index in [4.69, 9.17) is 9.47 Å². The van der Waals surface area contributed by atoms with Gasteiger partial charge in [0.15, 0.2) is 0 Å². The molecule has 5 nitrogen and oxygen atoms in total. The first-order valence-corrected chi connectivity index (χ1v) is 8.54. The molecule has 24 heavy (non-hydrogen) atoms. The van der Waals surface area contributed by atoms with Gasteiger partial charge in [-0.05, 0) is 29.8 Å². The smallest absolute Gasteiger partial charge is 0.250 e. The molecule has 0 bridgehead atoms. The standard InChI is InChI=1S/C18H20N2O3S/c1-22-16-9-7-14(8-10-16)12-24-13-18(21)20-19-11-15-5-3-4-6-17(15)23-2/h3-11H,12-13H2,1-2H3,(H,20,21)/b19-11-. The SMILES string of the molecule is COc1ccc(CSCC(=O)N/N=C\c2ccccc2OC)cc1. The first-order valence-electron chi connectivity index (χ1n) is 7.38. The molecule has 0 aliphatic rings. The predicted molar refractivity (Wildman–Crippen MR) is 97.9 cm³/mol. The van der Waals surface area contributed by atoms with Gasteiger partial charge in [0.1, 0.15) is 11.5 Å². The summed E-state index contributed by atoms with van der Waals surface area (Å²) in [4.78, 5) is 11.8. The highest BCUT2D eigenvalue weighted by molar-refractivity contribution is 7.99. The highest BCUT2D eigenvalue weighted by atomic mass is 32.2. The Hall–Kier alpha value is -2.47. The van der Waals surface area contributed by atoms with E-state index in [9.17, 15) is 4.79 Å². The number of hydrogen-bond acceptors (Lipinski definition) is 5. The second-order valence-corrected chi connectivity index (χ2v) is 5.86. The summed E-state index contributed by atoms with van der Waals surface area (Å²) in [6, 6.07) is 15.3. The number of para-hydroxylation sites is 1. The summed E-state index contributed by atoms with van der Waals surface area (Å²) in [6.07, 6.45) is 1.57. The first-order chi connectivity index (χ1) is 11.7. The summed E-state index contributed by atoms with van der Waals surface area (Å²) in [6.45, 7) is 0. The monoisotopic (exact) mass is 344 g/mol. The van der Waals surface area contributed by atoms with Crippen molar-refractivity contribution in [2.45, 2.75) is 5.75 Å². The topological polar surface area (TPSA) is 59.9 Å². The van der Waals surface area contributed by atoms with E-state index in [0.29, 0.717) is 11.5 Å². The molecule has 0 saturated heterocycles. The molecule has 0 radical (unpaired) electrons. The molecule has 0 fully saturated rings. The predicted octanol–water partition coefficient (Wildman–Crippen LogP) is 3.09. The van der Waals surface area contributed by atoms with Gasteiger partial charge in [-0.25, -0.2) is 5.43 Å². The number of hydrogen-bond donors (Lipinski definition) is 1. The van der Waals surface area contributed by atoms with Crippen molar-refractivity contribution in [3.63, 3.8) is 0 Å².